The van der Waals surface area contributed by atoms with Gasteiger partial charge in [0, 0.05) is 30.1 Å². The van der Waals surface area contributed by atoms with E-state index < -0.39 is 0 Å². The number of rotatable bonds is 6. The predicted molar refractivity (Wildman–Crippen MR) is 111 cm³/mol. The quantitative estimate of drug-likeness (QED) is 0.360. The van der Waals surface area contributed by atoms with Crippen molar-refractivity contribution >= 4 is 16.7 Å². The molecule has 4 aromatic rings. The van der Waals surface area contributed by atoms with Gasteiger partial charge in [-0.3, -0.25) is 0 Å². The van der Waals surface area contributed by atoms with Gasteiger partial charge < -0.3 is 14.0 Å². The Morgan fingerprint density at radius 2 is 2.07 bits per heavy atom. The lowest BCUT2D eigenvalue weighted by molar-refractivity contribution is 0.213. The number of fused-ring (bicyclic) bond motifs is 1. The fourth-order valence-electron chi connectivity index (χ4n) is 3.54. The summed E-state index contributed by atoms with van der Waals surface area (Å²) < 4.78 is 17.8. The molecule has 0 radical (unpaired) electrons. The molecule has 29 heavy (non-hydrogen) atoms. The topological polar surface area (TPSA) is 57.2 Å². The molecule has 0 saturated carbocycles. The zero-order valence-electron chi connectivity index (χ0n) is 16.6. The number of benzene rings is 2. The number of aryl methyl sites for hydroxylation is 1. The minimum Gasteiger partial charge on any atom is -0.399 e. The second-order valence-corrected chi connectivity index (χ2v) is 6.72. The second kappa shape index (κ2) is 7.87. The highest BCUT2D eigenvalue weighted by molar-refractivity contribution is 6.00. The lowest BCUT2D eigenvalue weighted by Crippen LogP contribution is -2.08. The van der Waals surface area contributed by atoms with E-state index in [-0.39, 0.29) is 5.82 Å². The van der Waals surface area contributed by atoms with Gasteiger partial charge in [0.1, 0.15) is 24.6 Å². The number of hydrogen-bond acceptors (Lipinski definition) is 4. The number of nitrogens with zero attached hydrogens (tertiary/aromatic N) is 5. The Hall–Kier alpha value is -3.48. The maximum absolute atomic E-state index is 13.7. The lowest BCUT2D eigenvalue weighted by atomic mass is 10.1. The first-order valence-corrected chi connectivity index (χ1v) is 9.45. The van der Waals surface area contributed by atoms with E-state index in [1.165, 1.54) is 19.2 Å². The van der Waals surface area contributed by atoms with Crippen molar-refractivity contribution < 1.29 is 9.23 Å². The molecule has 2 aromatic carbocycles. The molecular formula is C22H22FN5O. The molecule has 7 heteroatoms. The van der Waals surface area contributed by atoms with Gasteiger partial charge in [-0.05, 0) is 38.1 Å². The molecule has 0 aliphatic heterocycles. The molecule has 0 amide bonds. The first-order valence-electron chi connectivity index (χ1n) is 9.45. The highest BCUT2D eigenvalue weighted by atomic mass is 19.1. The Bertz CT molecular complexity index is 1190. The average Bonchev–Trinajstić information content (AvgIpc) is 3.31. The number of halogens is 1. The number of aromatic nitrogens is 4. The van der Waals surface area contributed by atoms with Crippen LogP contribution in [0.1, 0.15) is 25.2 Å². The first kappa shape index (κ1) is 18.9. The van der Waals surface area contributed by atoms with Crippen LogP contribution in [0.3, 0.4) is 0 Å². The second-order valence-electron chi connectivity index (χ2n) is 6.72. The maximum atomic E-state index is 13.7. The third-order valence-electron chi connectivity index (χ3n) is 4.90. The molecule has 2 heterocycles. The summed E-state index contributed by atoms with van der Waals surface area (Å²) >= 11 is 0. The fraction of sp³-hybridized carbons (Fsp3) is 0.227. The van der Waals surface area contributed by atoms with Gasteiger partial charge in [-0.2, -0.15) is 0 Å². The molecule has 4 rings (SSSR count). The Kier molecular flexibility index (Phi) is 5.12. The van der Waals surface area contributed by atoms with Crippen LogP contribution in [0.25, 0.3) is 22.4 Å². The monoisotopic (exact) mass is 391 g/mol. The minimum absolute atomic E-state index is 0.279. The summed E-state index contributed by atoms with van der Waals surface area (Å²) in [5, 5.41) is 4.00. The fourth-order valence-corrected chi connectivity index (χ4v) is 3.54. The summed E-state index contributed by atoms with van der Waals surface area (Å²) in [5.74, 6) is 1.35. The molecule has 6 nitrogen and oxygen atoms in total. The molecule has 0 saturated heterocycles. The molecule has 0 aliphatic carbocycles. The van der Waals surface area contributed by atoms with Crippen molar-refractivity contribution in [2.75, 3.05) is 7.11 Å². The molecule has 2 aromatic heterocycles. The van der Waals surface area contributed by atoms with Gasteiger partial charge in [0.2, 0.25) is 0 Å². The summed E-state index contributed by atoms with van der Waals surface area (Å²) in [6.45, 7) is 5.33. The molecule has 0 bridgehead atoms. The van der Waals surface area contributed by atoms with E-state index in [1.807, 2.05) is 35.9 Å². The summed E-state index contributed by atoms with van der Waals surface area (Å²) in [6.07, 6.45) is 3.61. The van der Waals surface area contributed by atoms with Crippen LogP contribution in [0.4, 0.5) is 4.39 Å². The number of imidazole rings is 2. The molecule has 148 valence electrons. The van der Waals surface area contributed by atoms with Crippen LogP contribution in [-0.2, 0) is 17.9 Å². The molecule has 0 aliphatic rings. The Balaban J connectivity index is 1.74. The SMILES string of the molecule is CCn1c(Cn2ccnc2-c2cccc(F)c2)nc2cc(/C(C)=N/OC)ccc21. The van der Waals surface area contributed by atoms with E-state index in [0.29, 0.717) is 12.4 Å². The molecule has 0 spiro atoms. The van der Waals surface area contributed by atoms with Crippen LogP contribution in [0, 0.1) is 5.82 Å². The van der Waals surface area contributed by atoms with Gasteiger partial charge in [-0.25, -0.2) is 14.4 Å². The number of hydrogen-bond donors (Lipinski definition) is 0. The van der Waals surface area contributed by atoms with E-state index >= 15 is 0 Å². The average molecular weight is 391 g/mol. The van der Waals surface area contributed by atoms with Gasteiger partial charge in [0.15, 0.2) is 0 Å². The van der Waals surface area contributed by atoms with Crippen molar-refractivity contribution in [2.24, 2.45) is 5.16 Å². The molecular weight excluding hydrogens is 369 g/mol. The van der Waals surface area contributed by atoms with E-state index in [4.69, 9.17) is 9.82 Å². The highest BCUT2D eigenvalue weighted by Gasteiger charge is 2.14. The number of oxime groups is 1. The van der Waals surface area contributed by atoms with Crippen molar-refractivity contribution in [3.05, 3.63) is 72.1 Å². The van der Waals surface area contributed by atoms with Crippen molar-refractivity contribution in [3.63, 3.8) is 0 Å². The zero-order chi connectivity index (χ0) is 20.4. The van der Waals surface area contributed by atoms with E-state index in [9.17, 15) is 4.39 Å². The minimum atomic E-state index is -0.279. The molecule has 0 fully saturated rings. The normalized spacial score (nSPS) is 11.9. The van der Waals surface area contributed by atoms with E-state index in [0.717, 1.165) is 40.2 Å². The smallest absolute Gasteiger partial charge is 0.140 e. The van der Waals surface area contributed by atoms with Crippen LogP contribution in [0.2, 0.25) is 0 Å². The standard InChI is InChI=1S/C22H22FN5O/c1-4-28-20-9-8-16(15(2)26-29-3)13-19(20)25-21(28)14-27-11-10-24-22(27)17-6-5-7-18(23)12-17/h5-13H,4,14H2,1-3H3/b26-15+. The van der Waals surface area contributed by atoms with Crippen molar-refractivity contribution in [1.29, 1.82) is 0 Å². The Morgan fingerprint density at radius 3 is 2.83 bits per heavy atom. The maximum Gasteiger partial charge on any atom is 0.140 e. The van der Waals surface area contributed by atoms with Gasteiger partial charge >= 0.3 is 0 Å². The molecule has 0 unspecified atom stereocenters. The Morgan fingerprint density at radius 1 is 1.21 bits per heavy atom. The van der Waals surface area contributed by atoms with Gasteiger partial charge in [0.25, 0.3) is 0 Å². The van der Waals surface area contributed by atoms with Crippen LogP contribution < -0.4 is 0 Å². The highest BCUT2D eigenvalue weighted by Crippen LogP contribution is 2.23. The third kappa shape index (κ3) is 3.63. The van der Waals surface area contributed by atoms with Crippen LogP contribution in [0.5, 0.6) is 0 Å². The largest absolute Gasteiger partial charge is 0.399 e. The van der Waals surface area contributed by atoms with E-state index in [2.05, 4.69) is 27.7 Å². The van der Waals surface area contributed by atoms with Crippen LogP contribution in [-0.4, -0.2) is 31.9 Å². The Labute approximate surface area is 168 Å². The summed E-state index contributed by atoms with van der Waals surface area (Å²) in [5.41, 5.74) is 4.46. The summed E-state index contributed by atoms with van der Waals surface area (Å²) in [6, 6.07) is 12.6. The van der Waals surface area contributed by atoms with Crippen LogP contribution >= 0.6 is 0 Å². The zero-order valence-corrected chi connectivity index (χ0v) is 16.6. The predicted octanol–water partition coefficient (Wildman–Crippen LogP) is 4.48. The van der Waals surface area contributed by atoms with E-state index in [1.54, 1.807) is 12.3 Å². The van der Waals surface area contributed by atoms with Crippen molar-refractivity contribution in [2.45, 2.75) is 26.9 Å². The summed E-state index contributed by atoms with van der Waals surface area (Å²) in [4.78, 5) is 14.2. The summed E-state index contributed by atoms with van der Waals surface area (Å²) in [7, 11) is 1.53. The van der Waals surface area contributed by atoms with Crippen molar-refractivity contribution in [1.82, 2.24) is 19.1 Å². The van der Waals surface area contributed by atoms with Gasteiger partial charge in [-0.15, -0.1) is 0 Å². The van der Waals surface area contributed by atoms with Gasteiger partial charge in [0.05, 0.1) is 23.3 Å². The molecule has 0 N–H and O–H groups in total. The lowest BCUT2D eigenvalue weighted by Gasteiger charge is -2.10. The first-order chi connectivity index (χ1) is 14.1. The van der Waals surface area contributed by atoms with Crippen molar-refractivity contribution in [3.8, 4) is 11.4 Å². The van der Waals surface area contributed by atoms with Crippen LogP contribution in [0.15, 0.2) is 60.0 Å². The third-order valence-corrected chi connectivity index (χ3v) is 4.90. The van der Waals surface area contributed by atoms with Gasteiger partial charge in [-0.1, -0.05) is 23.4 Å². The molecule has 0 atom stereocenters.